The number of nitrogens with zero attached hydrogens (tertiary/aromatic N) is 3. The van der Waals surface area contributed by atoms with Gasteiger partial charge in [0.25, 0.3) is 0 Å². The molecule has 2 amide bonds. The standard InChI is InChI=1S/C25H24N4O4S/c1-32-20-12-11-18(14-21(20)33-2)27-23(30)15-22-24(31)29(16-19-10-6-7-13-26-19)25(34-22)28-17-8-4-3-5-9-17/h3-14,22H,15-16H2,1-2H3,(H,27,30). The van der Waals surface area contributed by atoms with Crippen molar-refractivity contribution in [2.24, 2.45) is 4.99 Å². The zero-order valence-corrected chi connectivity index (χ0v) is 19.6. The highest BCUT2D eigenvalue weighted by atomic mass is 32.2. The topological polar surface area (TPSA) is 93.1 Å². The summed E-state index contributed by atoms with van der Waals surface area (Å²) in [6, 6.07) is 20.1. The molecule has 8 nitrogen and oxygen atoms in total. The number of ether oxygens (including phenoxy) is 2. The van der Waals surface area contributed by atoms with E-state index in [1.807, 2.05) is 48.5 Å². The molecule has 1 aromatic heterocycles. The van der Waals surface area contributed by atoms with E-state index in [0.29, 0.717) is 22.4 Å². The molecule has 174 valence electrons. The van der Waals surface area contributed by atoms with Gasteiger partial charge in [0.05, 0.1) is 32.1 Å². The molecule has 0 spiro atoms. The molecule has 1 aliphatic rings. The normalized spacial score (nSPS) is 16.5. The molecule has 2 heterocycles. The molecule has 0 radical (unpaired) electrons. The lowest BCUT2D eigenvalue weighted by Gasteiger charge is -2.16. The molecule has 0 saturated carbocycles. The second-order valence-electron chi connectivity index (χ2n) is 7.40. The Morgan fingerprint density at radius 1 is 1.06 bits per heavy atom. The summed E-state index contributed by atoms with van der Waals surface area (Å²) in [5.74, 6) is 0.615. The number of hydrogen-bond donors (Lipinski definition) is 1. The number of pyridine rings is 1. The predicted molar refractivity (Wildman–Crippen MR) is 132 cm³/mol. The van der Waals surface area contributed by atoms with Crippen molar-refractivity contribution in [3.8, 4) is 11.5 Å². The van der Waals surface area contributed by atoms with E-state index < -0.39 is 5.25 Å². The third-order valence-corrected chi connectivity index (χ3v) is 6.26. The molecule has 1 saturated heterocycles. The number of amides is 2. The molecule has 3 aromatic rings. The monoisotopic (exact) mass is 476 g/mol. The average Bonchev–Trinajstić information content (AvgIpc) is 3.13. The summed E-state index contributed by atoms with van der Waals surface area (Å²) in [5.41, 5.74) is 2.04. The maximum Gasteiger partial charge on any atom is 0.243 e. The van der Waals surface area contributed by atoms with Gasteiger partial charge >= 0.3 is 0 Å². The third kappa shape index (κ3) is 5.55. The van der Waals surface area contributed by atoms with E-state index >= 15 is 0 Å². The number of hydrogen-bond acceptors (Lipinski definition) is 7. The molecular weight excluding hydrogens is 452 g/mol. The number of rotatable bonds is 8. The number of carbonyl (C=O) groups excluding carboxylic acids is 2. The van der Waals surface area contributed by atoms with Gasteiger partial charge in [-0.3, -0.25) is 19.5 Å². The summed E-state index contributed by atoms with van der Waals surface area (Å²) in [7, 11) is 3.07. The van der Waals surface area contributed by atoms with E-state index in [4.69, 9.17) is 9.47 Å². The number of carbonyl (C=O) groups is 2. The van der Waals surface area contributed by atoms with Gasteiger partial charge in [-0.05, 0) is 36.4 Å². The number of nitrogens with one attached hydrogen (secondary N) is 1. The number of para-hydroxylation sites is 1. The number of aromatic nitrogens is 1. The number of methoxy groups -OCH3 is 2. The zero-order chi connectivity index (χ0) is 23.9. The van der Waals surface area contributed by atoms with Gasteiger partial charge in [0.1, 0.15) is 5.25 Å². The van der Waals surface area contributed by atoms with Crippen LogP contribution in [-0.4, -0.2) is 46.3 Å². The van der Waals surface area contributed by atoms with Crippen molar-refractivity contribution >= 4 is 40.1 Å². The molecule has 1 N–H and O–H groups in total. The van der Waals surface area contributed by atoms with Gasteiger partial charge in [0, 0.05) is 24.4 Å². The molecule has 34 heavy (non-hydrogen) atoms. The van der Waals surface area contributed by atoms with Crippen LogP contribution in [-0.2, 0) is 16.1 Å². The summed E-state index contributed by atoms with van der Waals surface area (Å²) >= 11 is 1.29. The van der Waals surface area contributed by atoms with Crippen LogP contribution in [0.1, 0.15) is 12.1 Å². The summed E-state index contributed by atoms with van der Waals surface area (Å²) in [6.45, 7) is 0.284. The van der Waals surface area contributed by atoms with Crippen LogP contribution in [0.25, 0.3) is 0 Å². The maximum absolute atomic E-state index is 13.3. The minimum atomic E-state index is -0.591. The zero-order valence-electron chi connectivity index (χ0n) is 18.8. The molecule has 1 fully saturated rings. The van der Waals surface area contributed by atoms with Crippen molar-refractivity contribution in [2.45, 2.75) is 18.2 Å². The first kappa shape index (κ1) is 23.3. The predicted octanol–water partition coefficient (Wildman–Crippen LogP) is 4.26. The van der Waals surface area contributed by atoms with E-state index in [0.717, 1.165) is 11.4 Å². The van der Waals surface area contributed by atoms with Gasteiger partial charge in [-0.1, -0.05) is 36.0 Å². The van der Waals surface area contributed by atoms with Crippen LogP contribution in [0.2, 0.25) is 0 Å². The van der Waals surface area contributed by atoms with E-state index in [1.165, 1.54) is 18.9 Å². The largest absolute Gasteiger partial charge is 0.493 e. The molecule has 0 aliphatic carbocycles. The minimum absolute atomic E-state index is 0.00434. The number of amidine groups is 1. The molecule has 0 bridgehead atoms. The summed E-state index contributed by atoms with van der Waals surface area (Å²) < 4.78 is 10.5. The van der Waals surface area contributed by atoms with Crippen LogP contribution in [0.5, 0.6) is 11.5 Å². The first-order valence-electron chi connectivity index (χ1n) is 10.6. The van der Waals surface area contributed by atoms with Crippen LogP contribution in [0, 0.1) is 0 Å². The first-order valence-corrected chi connectivity index (χ1v) is 11.5. The Balaban J connectivity index is 1.51. The molecule has 1 unspecified atom stereocenters. The second-order valence-corrected chi connectivity index (χ2v) is 8.57. The van der Waals surface area contributed by atoms with Crippen molar-refractivity contribution in [3.63, 3.8) is 0 Å². The van der Waals surface area contributed by atoms with Gasteiger partial charge in [0.15, 0.2) is 16.7 Å². The van der Waals surface area contributed by atoms with Crippen LogP contribution in [0.15, 0.2) is 77.9 Å². The molecule has 2 aromatic carbocycles. The Labute approximate surface area is 202 Å². The van der Waals surface area contributed by atoms with Gasteiger partial charge < -0.3 is 14.8 Å². The fraction of sp³-hybridized carbons (Fsp3) is 0.200. The Morgan fingerprint density at radius 3 is 2.53 bits per heavy atom. The van der Waals surface area contributed by atoms with Crippen LogP contribution < -0.4 is 14.8 Å². The fourth-order valence-corrected chi connectivity index (χ4v) is 4.59. The Bertz CT molecular complexity index is 1190. The highest BCUT2D eigenvalue weighted by molar-refractivity contribution is 8.15. The van der Waals surface area contributed by atoms with Crippen LogP contribution in [0.4, 0.5) is 11.4 Å². The van der Waals surface area contributed by atoms with Gasteiger partial charge in [-0.25, -0.2) is 4.99 Å². The van der Waals surface area contributed by atoms with Crippen LogP contribution >= 0.6 is 11.8 Å². The summed E-state index contributed by atoms with van der Waals surface area (Å²) in [4.78, 5) is 36.6. The van der Waals surface area contributed by atoms with Crippen molar-refractivity contribution < 1.29 is 19.1 Å². The average molecular weight is 477 g/mol. The van der Waals surface area contributed by atoms with E-state index in [-0.39, 0.29) is 24.8 Å². The lowest BCUT2D eigenvalue weighted by molar-refractivity contribution is -0.128. The van der Waals surface area contributed by atoms with Gasteiger partial charge in [-0.15, -0.1) is 0 Å². The van der Waals surface area contributed by atoms with Crippen molar-refractivity contribution in [1.82, 2.24) is 9.88 Å². The number of anilines is 1. The smallest absolute Gasteiger partial charge is 0.243 e. The SMILES string of the molecule is COc1ccc(NC(=O)CC2SC(=Nc3ccccc3)N(Cc3ccccn3)C2=O)cc1OC. The maximum atomic E-state index is 13.3. The number of benzene rings is 2. The number of aliphatic imine (C=N–C) groups is 1. The Morgan fingerprint density at radius 2 is 1.82 bits per heavy atom. The van der Waals surface area contributed by atoms with E-state index in [9.17, 15) is 9.59 Å². The number of thioether (sulfide) groups is 1. The van der Waals surface area contributed by atoms with Crippen LogP contribution in [0.3, 0.4) is 0 Å². The molecule has 1 aliphatic heterocycles. The highest BCUT2D eigenvalue weighted by Gasteiger charge is 2.39. The van der Waals surface area contributed by atoms with Crippen molar-refractivity contribution in [3.05, 3.63) is 78.6 Å². The van der Waals surface area contributed by atoms with Crippen molar-refractivity contribution in [1.29, 1.82) is 0 Å². The molecule has 1 atom stereocenters. The third-order valence-electron chi connectivity index (χ3n) is 5.09. The van der Waals surface area contributed by atoms with E-state index in [2.05, 4.69) is 15.3 Å². The molecule has 9 heteroatoms. The first-order chi connectivity index (χ1) is 16.6. The van der Waals surface area contributed by atoms with E-state index in [1.54, 1.807) is 36.4 Å². The van der Waals surface area contributed by atoms with Gasteiger partial charge in [-0.2, -0.15) is 0 Å². The minimum Gasteiger partial charge on any atom is -0.493 e. The summed E-state index contributed by atoms with van der Waals surface area (Å²) in [5, 5.41) is 2.79. The second kappa shape index (κ2) is 10.8. The van der Waals surface area contributed by atoms with Crippen molar-refractivity contribution in [2.75, 3.05) is 19.5 Å². The highest BCUT2D eigenvalue weighted by Crippen LogP contribution is 2.33. The Hall–Kier alpha value is -3.85. The molecular formula is C25H24N4O4S. The quantitative estimate of drug-likeness (QED) is 0.522. The lowest BCUT2D eigenvalue weighted by atomic mass is 10.2. The lowest BCUT2D eigenvalue weighted by Crippen LogP contribution is -2.33. The Kier molecular flexibility index (Phi) is 7.44. The van der Waals surface area contributed by atoms with Gasteiger partial charge in [0.2, 0.25) is 11.8 Å². The summed E-state index contributed by atoms with van der Waals surface area (Å²) in [6.07, 6.45) is 1.69. The fourth-order valence-electron chi connectivity index (χ4n) is 3.43. The molecule has 4 rings (SSSR count).